The number of benzene rings is 1. The Labute approximate surface area is 121 Å². The van der Waals surface area contributed by atoms with Crippen LogP contribution in [0, 0.1) is 5.92 Å². The molecule has 19 heavy (non-hydrogen) atoms. The first kappa shape index (κ1) is 16.0. The van der Waals surface area contributed by atoms with Gasteiger partial charge in [-0.3, -0.25) is 4.79 Å². The van der Waals surface area contributed by atoms with Crippen molar-refractivity contribution in [3.05, 3.63) is 35.9 Å². The fourth-order valence-corrected chi connectivity index (χ4v) is 2.63. The van der Waals surface area contributed by atoms with Gasteiger partial charge in [0.2, 0.25) is 5.91 Å². The Balaban J connectivity index is 0.00000180. The molecule has 2 rings (SSSR count). The van der Waals surface area contributed by atoms with Crippen LogP contribution in [0.15, 0.2) is 30.3 Å². The van der Waals surface area contributed by atoms with Crippen LogP contribution in [0.3, 0.4) is 0 Å². The van der Waals surface area contributed by atoms with E-state index < -0.39 is 0 Å². The summed E-state index contributed by atoms with van der Waals surface area (Å²) >= 11 is 0. The molecule has 2 atom stereocenters. The van der Waals surface area contributed by atoms with Crippen LogP contribution in [0.5, 0.6) is 0 Å². The van der Waals surface area contributed by atoms with E-state index in [-0.39, 0.29) is 30.3 Å². The highest BCUT2D eigenvalue weighted by molar-refractivity contribution is 5.85. The van der Waals surface area contributed by atoms with Gasteiger partial charge in [-0.25, -0.2) is 0 Å². The fraction of sp³-hybridized carbons (Fsp3) is 0.533. The molecule has 2 unspecified atom stereocenters. The lowest BCUT2D eigenvalue weighted by atomic mass is 10.0. The Hall–Kier alpha value is -1.06. The predicted molar refractivity (Wildman–Crippen MR) is 80.3 cm³/mol. The summed E-state index contributed by atoms with van der Waals surface area (Å²) in [5.41, 5.74) is 7.25. The normalized spacial score (nSPS) is 21.8. The molecular weight excluding hydrogens is 260 g/mol. The molecule has 0 aromatic heterocycles. The molecule has 1 aliphatic carbocycles. The van der Waals surface area contributed by atoms with Gasteiger partial charge < -0.3 is 10.6 Å². The maximum atomic E-state index is 12.2. The van der Waals surface area contributed by atoms with Crippen molar-refractivity contribution in [2.45, 2.75) is 31.7 Å². The topological polar surface area (TPSA) is 46.3 Å². The molecule has 0 radical (unpaired) electrons. The summed E-state index contributed by atoms with van der Waals surface area (Å²) in [6.07, 6.45) is 3.94. The first-order chi connectivity index (χ1) is 8.68. The lowest BCUT2D eigenvalue weighted by Crippen LogP contribution is -2.40. The van der Waals surface area contributed by atoms with E-state index in [0.717, 1.165) is 32.2 Å². The lowest BCUT2D eigenvalue weighted by Gasteiger charge is -2.23. The van der Waals surface area contributed by atoms with Crippen LogP contribution < -0.4 is 5.73 Å². The molecule has 1 fully saturated rings. The molecule has 1 aliphatic rings. The minimum Gasteiger partial charge on any atom is -0.345 e. The van der Waals surface area contributed by atoms with Gasteiger partial charge in [0.25, 0.3) is 0 Å². The molecule has 106 valence electrons. The lowest BCUT2D eigenvalue weighted by molar-refractivity contribution is -0.134. The number of likely N-dealkylation sites (N-methyl/N-ethyl adjacent to an activating group) is 1. The van der Waals surface area contributed by atoms with Gasteiger partial charge in [-0.2, -0.15) is 0 Å². The quantitative estimate of drug-likeness (QED) is 0.921. The Bertz CT molecular complexity index is 396. The molecule has 1 saturated carbocycles. The van der Waals surface area contributed by atoms with Gasteiger partial charge in [0.15, 0.2) is 0 Å². The van der Waals surface area contributed by atoms with E-state index in [4.69, 9.17) is 5.73 Å². The zero-order valence-corrected chi connectivity index (χ0v) is 12.2. The summed E-state index contributed by atoms with van der Waals surface area (Å²) in [6, 6.07) is 10.3. The van der Waals surface area contributed by atoms with Crippen LogP contribution >= 0.6 is 12.4 Å². The third-order valence-electron chi connectivity index (χ3n) is 3.84. The minimum atomic E-state index is 0. The summed E-state index contributed by atoms with van der Waals surface area (Å²) in [4.78, 5) is 14.1. The van der Waals surface area contributed by atoms with Crippen molar-refractivity contribution in [2.24, 2.45) is 11.7 Å². The molecule has 1 amide bonds. The number of carbonyl (C=O) groups excluding carboxylic acids is 1. The highest BCUT2D eigenvalue weighted by Gasteiger charge is 2.31. The second-order valence-corrected chi connectivity index (χ2v) is 5.20. The molecule has 0 aliphatic heterocycles. The van der Waals surface area contributed by atoms with Gasteiger partial charge >= 0.3 is 0 Å². The fourth-order valence-electron chi connectivity index (χ4n) is 2.63. The standard InChI is InChI=1S/C15H22N2O.ClH/c1-17(11-10-12-6-3-2-4-7-12)15(18)13-8-5-9-14(13)16;/h2-4,6-7,13-14H,5,8-11,16H2,1H3;1H. The number of rotatable bonds is 4. The zero-order valence-electron chi connectivity index (χ0n) is 11.4. The molecule has 4 heteroatoms. The van der Waals surface area contributed by atoms with E-state index in [1.165, 1.54) is 5.56 Å². The van der Waals surface area contributed by atoms with Crippen molar-refractivity contribution < 1.29 is 4.79 Å². The third kappa shape index (κ3) is 4.22. The number of amides is 1. The SMILES string of the molecule is CN(CCc1ccccc1)C(=O)C1CCCC1N.Cl. The molecule has 2 N–H and O–H groups in total. The van der Waals surface area contributed by atoms with E-state index in [9.17, 15) is 4.79 Å². The molecule has 0 spiro atoms. The van der Waals surface area contributed by atoms with Crippen LogP contribution in [-0.2, 0) is 11.2 Å². The average Bonchev–Trinajstić information content (AvgIpc) is 2.82. The van der Waals surface area contributed by atoms with Crippen molar-refractivity contribution in [2.75, 3.05) is 13.6 Å². The van der Waals surface area contributed by atoms with E-state index in [1.807, 2.05) is 30.1 Å². The number of halogens is 1. The highest BCUT2D eigenvalue weighted by atomic mass is 35.5. The van der Waals surface area contributed by atoms with E-state index in [0.29, 0.717) is 0 Å². The number of nitrogens with two attached hydrogens (primary N) is 1. The Kier molecular flexibility index (Phi) is 6.32. The Morgan fingerprint density at radius 3 is 2.58 bits per heavy atom. The molecule has 0 saturated heterocycles. The van der Waals surface area contributed by atoms with E-state index in [2.05, 4.69) is 12.1 Å². The average molecular weight is 283 g/mol. The molecule has 3 nitrogen and oxygen atoms in total. The van der Waals surface area contributed by atoms with Gasteiger partial charge in [-0.1, -0.05) is 36.8 Å². The van der Waals surface area contributed by atoms with Crippen LogP contribution in [0.1, 0.15) is 24.8 Å². The van der Waals surface area contributed by atoms with Crippen LogP contribution in [0.25, 0.3) is 0 Å². The van der Waals surface area contributed by atoms with Gasteiger partial charge in [-0.05, 0) is 24.8 Å². The first-order valence-electron chi connectivity index (χ1n) is 6.73. The molecular formula is C15H23ClN2O. The Morgan fingerprint density at radius 1 is 1.32 bits per heavy atom. The van der Waals surface area contributed by atoms with Crippen molar-refractivity contribution in [3.8, 4) is 0 Å². The van der Waals surface area contributed by atoms with Crippen molar-refractivity contribution in [1.82, 2.24) is 4.90 Å². The zero-order chi connectivity index (χ0) is 13.0. The van der Waals surface area contributed by atoms with Crippen molar-refractivity contribution >= 4 is 18.3 Å². The summed E-state index contributed by atoms with van der Waals surface area (Å²) in [7, 11) is 1.89. The van der Waals surface area contributed by atoms with Gasteiger partial charge in [0.05, 0.1) is 5.92 Å². The minimum absolute atomic E-state index is 0. The first-order valence-corrected chi connectivity index (χ1v) is 6.73. The molecule has 1 aromatic carbocycles. The van der Waals surface area contributed by atoms with Crippen molar-refractivity contribution in [3.63, 3.8) is 0 Å². The monoisotopic (exact) mass is 282 g/mol. The van der Waals surface area contributed by atoms with Crippen molar-refractivity contribution in [1.29, 1.82) is 0 Å². The van der Waals surface area contributed by atoms with Gasteiger partial charge in [-0.15, -0.1) is 12.4 Å². The Morgan fingerprint density at radius 2 is 2.00 bits per heavy atom. The van der Waals surface area contributed by atoms with Gasteiger partial charge in [0, 0.05) is 19.6 Å². The largest absolute Gasteiger partial charge is 0.345 e. The number of hydrogen-bond acceptors (Lipinski definition) is 2. The summed E-state index contributed by atoms with van der Waals surface area (Å²) in [6.45, 7) is 0.770. The van der Waals surface area contributed by atoms with Crippen LogP contribution in [-0.4, -0.2) is 30.4 Å². The maximum absolute atomic E-state index is 12.2. The van der Waals surface area contributed by atoms with E-state index in [1.54, 1.807) is 0 Å². The molecule has 0 bridgehead atoms. The number of hydrogen-bond donors (Lipinski definition) is 1. The maximum Gasteiger partial charge on any atom is 0.226 e. The molecule has 0 heterocycles. The summed E-state index contributed by atoms with van der Waals surface area (Å²) in [5.74, 6) is 0.265. The summed E-state index contributed by atoms with van der Waals surface area (Å²) in [5, 5.41) is 0. The van der Waals surface area contributed by atoms with Crippen LogP contribution in [0.2, 0.25) is 0 Å². The summed E-state index contributed by atoms with van der Waals surface area (Å²) < 4.78 is 0. The van der Waals surface area contributed by atoms with Gasteiger partial charge in [0.1, 0.15) is 0 Å². The second-order valence-electron chi connectivity index (χ2n) is 5.20. The number of carbonyl (C=O) groups is 1. The smallest absolute Gasteiger partial charge is 0.226 e. The molecule has 1 aromatic rings. The van der Waals surface area contributed by atoms with E-state index >= 15 is 0 Å². The highest BCUT2D eigenvalue weighted by Crippen LogP contribution is 2.25. The predicted octanol–water partition coefficient (Wildman–Crippen LogP) is 2.24. The third-order valence-corrected chi connectivity index (χ3v) is 3.84. The van der Waals surface area contributed by atoms with Crippen LogP contribution in [0.4, 0.5) is 0 Å². The number of nitrogens with zero attached hydrogens (tertiary/aromatic N) is 1. The second kappa shape index (κ2) is 7.51.